The van der Waals surface area contributed by atoms with E-state index in [4.69, 9.17) is 14.5 Å². The van der Waals surface area contributed by atoms with Crippen molar-refractivity contribution >= 4 is 29.9 Å². The van der Waals surface area contributed by atoms with E-state index in [1.54, 1.807) is 6.33 Å². The molecule has 1 aromatic carbocycles. The van der Waals surface area contributed by atoms with Gasteiger partial charge in [-0.3, -0.25) is 4.90 Å². The Bertz CT molecular complexity index is 809. The Morgan fingerprint density at radius 3 is 2.75 bits per heavy atom. The Labute approximate surface area is 208 Å². The molecule has 0 amide bonds. The quantitative estimate of drug-likeness (QED) is 0.248. The van der Waals surface area contributed by atoms with Gasteiger partial charge in [-0.05, 0) is 13.0 Å². The lowest BCUT2D eigenvalue weighted by atomic mass is 10.2. The summed E-state index contributed by atoms with van der Waals surface area (Å²) in [5.41, 5.74) is 1.08. The van der Waals surface area contributed by atoms with E-state index < -0.39 is 0 Å². The van der Waals surface area contributed by atoms with Crippen molar-refractivity contribution < 1.29 is 9.47 Å². The maximum absolute atomic E-state index is 6.08. The average Bonchev–Trinajstić information content (AvgIpc) is 3.26. The molecule has 178 valence electrons. The van der Waals surface area contributed by atoms with Crippen LogP contribution in [0.2, 0.25) is 0 Å². The Balaban J connectivity index is 0.00000363. The standard InChI is InChI=1S/C22H35N7O2.HI/c1-3-21-27-26-18-29(21)10-9-24-22(23-4-2)25-17-19-7-5-6-8-20(19)31-16-13-28-11-14-30-15-12-28;/h5-8,18H,3-4,9-17H2,1-2H3,(H2,23,24,25);1H. The molecule has 0 bridgehead atoms. The molecule has 10 heteroatoms. The first-order valence-corrected chi connectivity index (χ1v) is 11.2. The number of nitrogens with zero attached hydrogens (tertiary/aromatic N) is 5. The summed E-state index contributed by atoms with van der Waals surface area (Å²) in [6, 6.07) is 8.12. The molecule has 0 unspecified atom stereocenters. The van der Waals surface area contributed by atoms with Crippen LogP contribution in [0.15, 0.2) is 35.6 Å². The fourth-order valence-corrected chi connectivity index (χ4v) is 3.42. The summed E-state index contributed by atoms with van der Waals surface area (Å²) in [6.45, 7) is 12.2. The van der Waals surface area contributed by atoms with E-state index >= 15 is 0 Å². The number of rotatable bonds is 11. The molecule has 1 aliphatic heterocycles. The topological polar surface area (TPSA) is 88.8 Å². The molecule has 9 nitrogen and oxygen atoms in total. The van der Waals surface area contributed by atoms with Crippen LogP contribution >= 0.6 is 24.0 Å². The molecular weight excluding hydrogens is 521 g/mol. The molecule has 3 rings (SSSR count). The molecule has 0 aliphatic carbocycles. The number of para-hydroxylation sites is 1. The second-order valence-corrected chi connectivity index (χ2v) is 7.33. The highest BCUT2D eigenvalue weighted by molar-refractivity contribution is 14.0. The van der Waals surface area contributed by atoms with Gasteiger partial charge in [0.05, 0.1) is 19.8 Å². The van der Waals surface area contributed by atoms with E-state index in [1.807, 2.05) is 18.2 Å². The van der Waals surface area contributed by atoms with Crippen LogP contribution in [0, 0.1) is 0 Å². The van der Waals surface area contributed by atoms with Crippen LogP contribution in [0.1, 0.15) is 25.2 Å². The van der Waals surface area contributed by atoms with Gasteiger partial charge in [0.2, 0.25) is 0 Å². The summed E-state index contributed by atoms with van der Waals surface area (Å²) in [5, 5.41) is 14.8. The molecule has 2 heterocycles. The van der Waals surface area contributed by atoms with Crippen LogP contribution in [0.3, 0.4) is 0 Å². The van der Waals surface area contributed by atoms with Crippen molar-refractivity contribution in [2.24, 2.45) is 4.99 Å². The van der Waals surface area contributed by atoms with E-state index in [2.05, 4.69) is 50.2 Å². The van der Waals surface area contributed by atoms with E-state index in [-0.39, 0.29) is 24.0 Å². The molecule has 0 saturated carbocycles. The monoisotopic (exact) mass is 557 g/mol. The number of halogens is 1. The molecule has 2 N–H and O–H groups in total. The highest BCUT2D eigenvalue weighted by atomic mass is 127. The lowest BCUT2D eigenvalue weighted by molar-refractivity contribution is 0.0322. The number of hydrogen-bond donors (Lipinski definition) is 2. The fraction of sp³-hybridized carbons (Fsp3) is 0.591. The Morgan fingerprint density at radius 1 is 1.16 bits per heavy atom. The van der Waals surface area contributed by atoms with Gasteiger partial charge in [0.15, 0.2) is 5.96 Å². The van der Waals surface area contributed by atoms with Gasteiger partial charge >= 0.3 is 0 Å². The highest BCUT2D eigenvalue weighted by Gasteiger charge is 2.10. The summed E-state index contributed by atoms with van der Waals surface area (Å²) in [4.78, 5) is 7.12. The summed E-state index contributed by atoms with van der Waals surface area (Å²) in [5.74, 6) is 2.68. The SMILES string of the molecule is CCNC(=NCc1ccccc1OCCN1CCOCC1)NCCn1cnnc1CC.I. The number of aryl methyl sites for hydroxylation is 1. The molecule has 1 fully saturated rings. The third-order valence-electron chi connectivity index (χ3n) is 5.15. The number of guanidine groups is 1. The maximum Gasteiger partial charge on any atom is 0.191 e. The van der Waals surface area contributed by atoms with E-state index in [0.717, 1.165) is 82.0 Å². The van der Waals surface area contributed by atoms with Crippen molar-refractivity contribution in [3.63, 3.8) is 0 Å². The highest BCUT2D eigenvalue weighted by Crippen LogP contribution is 2.19. The predicted octanol–water partition coefficient (Wildman–Crippen LogP) is 1.92. The molecular formula is C22H36IN7O2. The van der Waals surface area contributed by atoms with Gasteiger partial charge in [-0.1, -0.05) is 25.1 Å². The van der Waals surface area contributed by atoms with E-state index in [9.17, 15) is 0 Å². The number of nitrogens with one attached hydrogen (secondary N) is 2. The molecule has 1 aromatic heterocycles. The van der Waals surface area contributed by atoms with Crippen molar-refractivity contribution in [2.75, 3.05) is 52.5 Å². The van der Waals surface area contributed by atoms with Crippen LogP contribution in [0.5, 0.6) is 5.75 Å². The molecule has 1 saturated heterocycles. The minimum Gasteiger partial charge on any atom is -0.492 e. The van der Waals surface area contributed by atoms with E-state index in [0.29, 0.717) is 13.2 Å². The molecule has 32 heavy (non-hydrogen) atoms. The van der Waals surface area contributed by atoms with Gasteiger partial charge in [-0.2, -0.15) is 0 Å². The predicted molar refractivity (Wildman–Crippen MR) is 137 cm³/mol. The van der Waals surface area contributed by atoms with Gasteiger partial charge in [0.1, 0.15) is 24.5 Å². The summed E-state index contributed by atoms with van der Waals surface area (Å²) < 4.78 is 13.5. The van der Waals surface area contributed by atoms with Crippen molar-refractivity contribution in [1.82, 2.24) is 30.3 Å². The van der Waals surface area contributed by atoms with Gasteiger partial charge in [-0.25, -0.2) is 4.99 Å². The molecule has 0 radical (unpaired) electrons. The average molecular weight is 557 g/mol. The summed E-state index contributed by atoms with van der Waals surface area (Å²) in [7, 11) is 0. The van der Waals surface area contributed by atoms with Crippen molar-refractivity contribution in [3.05, 3.63) is 42.0 Å². The number of benzene rings is 1. The minimum absolute atomic E-state index is 0. The molecule has 0 atom stereocenters. The van der Waals surface area contributed by atoms with Gasteiger partial charge in [0, 0.05) is 51.3 Å². The zero-order valence-electron chi connectivity index (χ0n) is 19.1. The Kier molecular flexibility index (Phi) is 12.4. The number of morpholine rings is 1. The second-order valence-electron chi connectivity index (χ2n) is 7.33. The Morgan fingerprint density at radius 2 is 1.97 bits per heavy atom. The lowest BCUT2D eigenvalue weighted by Gasteiger charge is -2.26. The third kappa shape index (κ3) is 8.55. The van der Waals surface area contributed by atoms with Crippen LogP contribution in [0.25, 0.3) is 0 Å². The van der Waals surface area contributed by atoms with Crippen molar-refractivity contribution in [3.8, 4) is 5.75 Å². The summed E-state index contributed by atoms with van der Waals surface area (Å²) >= 11 is 0. The fourth-order valence-electron chi connectivity index (χ4n) is 3.42. The minimum atomic E-state index is 0. The third-order valence-corrected chi connectivity index (χ3v) is 5.15. The zero-order chi connectivity index (χ0) is 21.7. The van der Waals surface area contributed by atoms with Crippen LogP contribution < -0.4 is 15.4 Å². The summed E-state index contributed by atoms with van der Waals surface area (Å²) in [6.07, 6.45) is 2.64. The number of ether oxygens (including phenoxy) is 2. The first kappa shape index (κ1) is 26.3. The van der Waals surface area contributed by atoms with Gasteiger partial charge < -0.3 is 24.7 Å². The van der Waals surface area contributed by atoms with Crippen molar-refractivity contribution in [1.29, 1.82) is 0 Å². The number of hydrogen-bond acceptors (Lipinski definition) is 6. The number of aliphatic imine (C=N–C) groups is 1. The van der Waals surface area contributed by atoms with Crippen LogP contribution in [-0.2, 0) is 24.2 Å². The zero-order valence-corrected chi connectivity index (χ0v) is 21.5. The smallest absolute Gasteiger partial charge is 0.191 e. The van der Waals surface area contributed by atoms with E-state index in [1.165, 1.54) is 0 Å². The van der Waals surface area contributed by atoms with Crippen LogP contribution in [-0.4, -0.2) is 78.2 Å². The van der Waals surface area contributed by atoms with Gasteiger partial charge in [-0.15, -0.1) is 34.2 Å². The largest absolute Gasteiger partial charge is 0.492 e. The van der Waals surface area contributed by atoms with Crippen LogP contribution in [0.4, 0.5) is 0 Å². The molecule has 0 spiro atoms. The first-order chi connectivity index (χ1) is 15.3. The first-order valence-electron chi connectivity index (χ1n) is 11.2. The second kappa shape index (κ2) is 15.0. The van der Waals surface area contributed by atoms with Gasteiger partial charge in [0.25, 0.3) is 0 Å². The van der Waals surface area contributed by atoms with Crippen molar-refractivity contribution in [2.45, 2.75) is 33.4 Å². The molecule has 2 aromatic rings. The lowest BCUT2D eigenvalue weighted by Crippen LogP contribution is -2.39. The normalized spacial score (nSPS) is 14.6. The Hall–Kier alpha value is -1.92. The maximum atomic E-state index is 6.08. The number of aromatic nitrogens is 3. The molecule has 1 aliphatic rings.